The second-order valence-corrected chi connectivity index (χ2v) is 5.22. The van der Waals surface area contributed by atoms with Gasteiger partial charge in [-0.15, -0.1) is 5.06 Å². The lowest BCUT2D eigenvalue weighted by atomic mass is 9.94. The molecule has 7 heteroatoms. The van der Waals surface area contributed by atoms with Crippen LogP contribution in [0.4, 0.5) is 0 Å². The third-order valence-corrected chi connectivity index (χ3v) is 3.76. The lowest BCUT2D eigenvalue weighted by Gasteiger charge is -2.22. The van der Waals surface area contributed by atoms with Crippen LogP contribution in [-0.4, -0.2) is 55.6 Å². The highest BCUT2D eigenvalue weighted by atomic mass is 16.5. The van der Waals surface area contributed by atoms with E-state index in [0.29, 0.717) is 42.9 Å². The summed E-state index contributed by atoms with van der Waals surface area (Å²) in [7, 11) is 1.60. The standard InChI is InChI=1S/C17H17NO6/c1-22-7-8-23-9-10-24-14-6-5-13-15-11(14)3-2-4-12(15)16(19)18(21)17(13)20/h2-6,21H,7-10H2,1H3. The topological polar surface area (TPSA) is 85.3 Å². The SMILES string of the molecule is COCCOCCOc1ccc2c3c(cccc13)C(=O)N(O)C2=O. The van der Waals surface area contributed by atoms with Gasteiger partial charge in [-0.1, -0.05) is 12.1 Å². The van der Waals surface area contributed by atoms with Gasteiger partial charge in [-0.05, 0) is 18.2 Å². The Morgan fingerprint density at radius 1 is 0.958 bits per heavy atom. The average Bonchev–Trinajstić information content (AvgIpc) is 2.61. The van der Waals surface area contributed by atoms with Gasteiger partial charge in [-0.3, -0.25) is 14.8 Å². The molecule has 2 aromatic carbocycles. The van der Waals surface area contributed by atoms with Gasteiger partial charge in [-0.25, -0.2) is 0 Å². The van der Waals surface area contributed by atoms with E-state index in [-0.39, 0.29) is 16.2 Å². The lowest BCUT2D eigenvalue weighted by Crippen LogP contribution is -2.37. The summed E-state index contributed by atoms with van der Waals surface area (Å²) in [5.41, 5.74) is 0.540. The summed E-state index contributed by atoms with van der Waals surface area (Å²) in [5, 5.41) is 10.9. The van der Waals surface area contributed by atoms with Crippen LogP contribution in [0.25, 0.3) is 10.8 Å². The summed E-state index contributed by atoms with van der Waals surface area (Å²) in [6.45, 7) is 1.73. The maximum Gasteiger partial charge on any atom is 0.285 e. The second kappa shape index (κ2) is 6.96. The van der Waals surface area contributed by atoms with E-state index in [4.69, 9.17) is 14.2 Å². The Bertz CT molecular complexity index is 766. The number of methoxy groups -OCH3 is 1. The molecule has 7 nitrogen and oxygen atoms in total. The highest BCUT2D eigenvalue weighted by Crippen LogP contribution is 2.34. The Hall–Kier alpha value is -2.48. The van der Waals surface area contributed by atoms with Crippen molar-refractivity contribution in [3.05, 3.63) is 41.5 Å². The molecule has 0 spiro atoms. The Labute approximate surface area is 138 Å². The zero-order valence-corrected chi connectivity index (χ0v) is 13.2. The molecule has 0 radical (unpaired) electrons. The fraction of sp³-hybridized carbons (Fsp3) is 0.294. The number of amides is 2. The Morgan fingerprint density at radius 3 is 2.42 bits per heavy atom. The number of hydrogen-bond donors (Lipinski definition) is 1. The predicted octanol–water partition coefficient (Wildman–Crippen LogP) is 1.87. The molecule has 24 heavy (non-hydrogen) atoms. The molecule has 2 aromatic rings. The minimum absolute atomic E-state index is 0.140. The van der Waals surface area contributed by atoms with Crippen molar-refractivity contribution in [3.63, 3.8) is 0 Å². The van der Waals surface area contributed by atoms with E-state index in [9.17, 15) is 14.8 Å². The zero-order valence-electron chi connectivity index (χ0n) is 13.2. The molecule has 3 rings (SSSR count). The first-order valence-corrected chi connectivity index (χ1v) is 7.48. The number of imide groups is 1. The molecule has 0 fully saturated rings. The normalized spacial score (nSPS) is 13.7. The van der Waals surface area contributed by atoms with Gasteiger partial charge in [0, 0.05) is 17.9 Å². The van der Waals surface area contributed by atoms with Crippen molar-refractivity contribution < 1.29 is 29.0 Å². The maximum atomic E-state index is 12.1. The molecule has 0 aliphatic carbocycles. The molecule has 0 atom stereocenters. The van der Waals surface area contributed by atoms with Crippen LogP contribution < -0.4 is 4.74 Å². The number of ether oxygens (including phenoxy) is 3. The van der Waals surface area contributed by atoms with Crippen molar-refractivity contribution in [2.45, 2.75) is 0 Å². The van der Waals surface area contributed by atoms with E-state index in [2.05, 4.69) is 0 Å². The molecule has 0 saturated heterocycles. The van der Waals surface area contributed by atoms with Crippen molar-refractivity contribution in [2.24, 2.45) is 0 Å². The van der Waals surface area contributed by atoms with Crippen LogP contribution in [0.1, 0.15) is 20.7 Å². The highest BCUT2D eigenvalue weighted by molar-refractivity contribution is 6.25. The number of benzene rings is 2. The second-order valence-electron chi connectivity index (χ2n) is 5.22. The molecule has 1 aliphatic rings. The van der Waals surface area contributed by atoms with Crippen molar-refractivity contribution in [1.29, 1.82) is 0 Å². The molecule has 2 amide bonds. The van der Waals surface area contributed by atoms with Gasteiger partial charge in [0.1, 0.15) is 12.4 Å². The summed E-state index contributed by atoms with van der Waals surface area (Å²) in [6, 6.07) is 8.23. The minimum Gasteiger partial charge on any atom is -0.491 e. The largest absolute Gasteiger partial charge is 0.491 e. The van der Waals surface area contributed by atoms with Gasteiger partial charge in [0.2, 0.25) is 0 Å². The molecule has 1 aliphatic heterocycles. The van der Waals surface area contributed by atoms with E-state index < -0.39 is 11.8 Å². The van der Waals surface area contributed by atoms with Gasteiger partial charge in [0.25, 0.3) is 11.8 Å². The molecule has 0 aromatic heterocycles. The van der Waals surface area contributed by atoms with Crippen LogP contribution >= 0.6 is 0 Å². The number of hydrogen-bond acceptors (Lipinski definition) is 6. The van der Waals surface area contributed by atoms with Crippen LogP contribution in [0, 0.1) is 0 Å². The molecule has 0 bridgehead atoms. The van der Waals surface area contributed by atoms with E-state index >= 15 is 0 Å². The smallest absolute Gasteiger partial charge is 0.285 e. The molecular weight excluding hydrogens is 314 g/mol. The Balaban J connectivity index is 1.86. The quantitative estimate of drug-likeness (QED) is 0.473. The molecule has 0 saturated carbocycles. The summed E-state index contributed by atoms with van der Waals surface area (Å²) in [4.78, 5) is 24.1. The van der Waals surface area contributed by atoms with Crippen LogP contribution in [0.2, 0.25) is 0 Å². The zero-order chi connectivity index (χ0) is 17.1. The fourth-order valence-corrected chi connectivity index (χ4v) is 2.64. The van der Waals surface area contributed by atoms with Gasteiger partial charge in [-0.2, -0.15) is 0 Å². The molecular formula is C17H17NO6. The molecule has 126 valence electrons. The number of carbonyl (C=O) groups is 2. The third kappa shape index (κ3) is 2.84. The minimum atomic E-state index is -0.738. The predicted molar refractivity (Wildman–Crippen MR) is 84.4 cm³/mol. The molecule has 0 unspecified atom stereocenters. The van der Waals surface area contributed by atoms with E-state index in [1.165, 1.54) is 0 Å². The van der Waals surface area contributed by atoms with Gasteiger partial charge >= 0.3 is 0 Å². The first-order chi connectivity index (χ1) is 11.6. The Kier molecular flexibility index (Phi) is 4.75. The van der Waals surface area contributed by atoms with Crippen LogP contribution in [0.15, 0.2) is 30.3 Å². The number of rotatable bonds is 7. The van der Waals surface area contributed by atoms with Gasteiger partial charge in [0.05, 0.1) is 30.9 Å². The van der Waals surface area contributed by atoms with Crippen LogP contribution in [0.3, 0.4) is 0 Å². The van der Waals surface area contributed by atoms with Gasteiger partial charge in [0.15, 0.2) is 0 Å². The summed E-state index contributed by atoms with van der Waals surface area (Å²) in [6.07, 6.45) is 0. The summed E-state index contributed by atoms with van der Waals surface area (Å²) in [5.74, 6) is -0.922. The van der Waals surface area contributed by atoms with E-state index in [1.54, 1.807) is 37.4 Å². The van der Waals surface area contributed by atoms with Crippen molar-refractivity contribution in [2.75, 3.05) is 33.5 Å². The van der Waals surface area contributed by atoms with Gasteiger partial charge < -0.3 is 14.2 Å². The Morgan fingerprint density at radius 2 is 1.67 bits per heavy atom. The number of nitrogens with zero attached hydrogens (tertiary/aromatic N) is 1. The third-order valence-electron chi connectivity index (χ3n) is 3.76. The van der Waals surface area contributed by atoms with E-state index in [1.807, 2.05) is 0 Å². The fourth-order valence-electron chi connectivity index (χ4n) is 2.64. The van der Waals surface area contributed by atoms with E-state index in [0.717, 1.165) is 0 Å². The van der Waals surface area contributed by atoms with Crippen LogP contribution in [0.5, 0.6) is 5.75 Å². The number of carbonyl (C=O) groups excluding carboxylic acids is 2. The lowest BCUT2D eigenvalue weighted by molar-refractivity contribution is -0.0377. The summed E-state index contributed by atoms with van der Waals surface area (Å²) >= 11 is 0. The average molecular weight is 331 g/mol. The van der Waals surface area contributed by atoms with Crippen molar-refractivity contribution in [3.8, 4) is 5.75 Å². The van der Waals surface area contributed by atoms with Crippen LogP contribution in [-0.2, 0) is 9.47 Å². The molecule has 1 heterocycles. The summed E-state index contributed by atoms with van der Waals surface area (Å²) < 4.78 is 15.9. The first-order valence-electron chi connectivity index (χ1n) is 7.48. The molecule has 1 N–H and O–H groups in total. The number of hydroxylamine groups is 2. The van der Waals surface area contributed by atoms with Crippen molar-refractivity contribution >= 4 is 22.6 Å². The van der Waals surface area contributed by atoms with Crippen molar-refractivity contribution in [1.82, 2.24) is 5.06 Å². The first kappa shape index (κ1) is 16.4. The monoisotopic (exact) mass is 331 g/mol. The highest BCUT2D eigenvalue weighted by Gasteiger charge is 2.32. The maximum absolute atomic E-state index is 12.1.